The molecule has 0 spiro atoms. The lowest BCUT2D eigenvalue weighted by Gasteiger charge is -2.30. The number of benzene rings is 1. The molecule has 1 aliphatic heterocycles. The van der Waals surface area contributed by atoms with Gasteiger partial charge in [0.05, 0.1) is 27.9 Å². The molecule has 0 aliphatic carbocycles. The van der Waals surface area contributed by atoms with Crippen LogP contribution in [0.3, 0.4) is 0 Å². The lowest BCUT2D eigenvalue weighted by Crippen LogP contribution is -2.31. The van der Waals surface area contributed by atoms with E-state index in [4.69, 9.17) is 9.47 Å². The molecule has 1 aromatic rings. The highest BCUT2D eigenvalue weighted by atomic mass is 28.3. The third kappa shape index (κ3) is 4.36. The molecule has 0 amide bonds. The highest BCUT2D eigenvalue weighted by molar-refractivity contribution is 6.78. The summed E-state index contributed by atoms with van der Waals surface area (Å²) < 4.78 is 11.3. The first-order valence-corrected chi connectivity index (χ1v) is 12.0. The van der Waals surface area contributed by atoms with Crippen LogP contribution in [0.15, 0.2) is 24.3 Å². The van der Waals surface area contributed by atoms with E-state index in [-0.39, 0.29) is 0 Å². The van der Waals surface area contributed by atoms with Crippen molar-refractivity contribution in [2.45, 2.75) is 69.8 Å². The summed E-state index contributed by atoms with van der Waals surface area (Å²) in [6.07, 6.45) is 4.20. The first-order chi connectivity index (χ1) is 10.5. The molecular weight excluding hydrogens is 288 g/mol. The number of rotatable bonds is 7. The SMILES string of the molecule is CCC(C)[Si](C)(C)CC[C@H]1C[C@@H](c2ccc(OC)cc2)CO1. The Morgan fingerprint density at radius 1 is 1.27 bits per heavy atom. The molecular formula is C19H32O2Si. The van der Waals surface area contributed by atoms with Crippen LogP contribution in [-0.2, 0) is 4.74 Å². The van der Waals surface area contributed by atoms with Crippen molar-refractivity contribution in [3.05, 3.63) is 29.8 Å². The Kier molecular flexibility index (Phi) is 6.10. The van der Waals surface area contributed by atoms with Gasteiger partial charge in [-0.05, 0) is 36.1 Å². The number of hydrogen-bond acceptors (Lipinski definition) is 2. The van der Waals surface area contributed by atoms with Crippen molar-refractivity contribution in [3.63, 3.8) is 0 Å². The van der Waals surface area contributed by atoms with Gasteiger partial charge in [-0.2, -0.15) is 0 Å². The Hall–Kier alpha value is -0.803. The molecule has 1 heterocycles. The van der Waals surface area contributed by atoms with E-state index >= 15 is 0 Å². The van der Waals surface area contributed by atoms with Gasteiger partial charge in [0.1, 0.15) is 5.75 Å². The van der Waals surface area contributed by atoms with Gasteiger partial charge in [0, 0.05) is 5.92 Å². The maximum absolute atomic E-state index is 6.08. The van der Waals surface area contributed by atoms with Crippen LogP contribution in [0.25, 0.3) is 0 Å². The number of ether oxygens (including phenoxy) is 2. The molecule has 3 atom stereocenters. The smallest absolute Gasteiger partial charge is 0.118 e. The first-order valence-electron chi connectivity index (χ1n) is 8.71. The summed E-state index contributed by atoms with van der Waals surface area (Å²) in [5.41, 5.74) is 2.30. The van der Waals surface area contributed by atoms with E-state index in [1.165, 1.54) is 30.9 Å². The summed E-state index contributed by atoms with van der Waals surface area (Å²) >= 11 is 0. The van der Waals surface area contributed by atoms with E-state index in [2.05, 4.69) is 51.2 Å². The van der Waals surface area contributed by atoms with Gasteiger partial charge in [0.25, 0.3) is 0 Å². The van der Waals surface area contributed by atoms with Crippen LogP contribution in [0.2, 0.25) is 24.7 Å². The largest absolute Gasteiger partial charge is 0.497 e. The lowest BCUT2D eigenvalue weighted by molar-refractivity contribution is 0.106. The van der Waals surface area contributed by atoms with Crippen LogP contribution in [-0.4, -0.2) is 27.9 Å². The zero-order valence-corrected chi connectivity index (χ0v) is 15.9. The third-order valence-electron chi connectivity index (χ3n) is 5.72. The average molecular weight is 321 g/mol. The zero-order valence-electron chi connectivity index (χ0n) is 14.9. The second kappa shape index (κ2) is 7.65. The van der Waals surface area contributed by atoms with E-state index in [1.54, 1.807) is 7.11 Å². The fourth-order valence-corrected chi connectivity index (χ4v) is 6.01. The van der Waals surface area contributed by atoms with E-state index in [0.29, 0.717) is 12.0 Å². The molecule has 1 aromatic carbocycles. The molecule has 0 saturated carbocycles. The van der Waals surface area contributed by atoms with Crippen LogP contribution in [0.5, 0.6) is 5.75 Å². The summed E-state index contributed by atoms with van der Waals surface area (Å²) in [5.74, 6) is 1.49. The lowest BCUT2D eigenvalue weighted by atomic mass is 9.95. The van der Waals surface area contributed by atoms with Crippen molar-refractivity contribution in [2.24, 2.45) is 0 Å². The Labute approximate surface area is 137 Å². The predicted octanol–water partition coefficient (Wildman–Crippen LogP) is 5.47. The molecule has 22 heavy (non-hydrogen) atoms. The molecule has 1 fully saturated rings. The Balaban J connectivity index is 1.84. The molecule has 1 aliphatic rings. The molecule has 0 aromatic heterocycles. The minimum absolute atomic E-state index is 0.461. The molecule has 3 heteroatoms. The molecule has 2 nitrogen and oxygen atoms in total. The van der Waals surface area contributed by atoms with E-state index in [0.717, 1.165) is 17.9 Å². The Morgan fingerprint density at radius 2 is 1.95 bits per heavy atom. The monoisotopic (exact) mass is 320 g/mol. The second-order valence-corrected chi connectivity index (χ2v) is 13.0. The van der Waals surface area contributed by atoms with Crippen LogP contribution in [0.1, 0.15) is 44.6 Å². The van der Waals surface area contributed by atoms with Crippen LogP contribution in [0.4, 0.5) is 0 Å². The van der Waals surface area contributed by atoms with Gasteiger partial charge >= 0.3 is 0 Å². The van der Waals surface area contributed by atoms with Gasteiger partial charge in [-0.3, -0.25) is 0 Å². The number of methoxy groups -OCH3 is 1. The van der Waals surface area contributed by atoms with Crippen molar-refractivity contribution in [1.82, 2.24) is 0 Å². The van der Waals surface area contributed by atoms with Crippen molar-refractivity contribution >= 4 is 8.07 Å². The van der Waals surface area contributed by atoms with Crippen LogP contribution >= 0.6 is 0 Å². The molecule has 124 valence electrons. The van der Waals surface area contributed by atoms with Gasteiger partial charge in [-0.25, -0.2) is 0 Å². The van der Waals surface area contributed by atoms with E-state index in [1.807, 2.05) is 0 Å². The molecule has 0 N–H and O–H groups in total. The minimum Gasteiger partial charge on any atom is -0.497 e. The van der Waals surface area contributed by atoms with Crippen molar-refractivity contribution in [1.29, 1.82) is 0 Å². The third-order valence-corrected chi connectivity index (χ3v) is 10.4. The summed E-state index contributed by atoms with van der Waals surface area (Å²) in [6, 6.07) is 9.88. The van der Waals surface area contributed by atoms with Gasteiger partial charge in [-0.15, -0.1) is 0 Å². The molecule has 2 rings (SSSR count). The molecule has 1 unspecified atom stereocenters. The summed E-state index contributed by atoms with van der Waals surface area (Å²) in [6.45, 7) is 10.7. The van der Waals surface area contributed by atoms with Gasteiger partial charge in [0.15, 0.2) is 0 Å². The maximum atomic E-state index is 6.08. The summed E-state index contributed by atoms with van der Waals surface area (Å²) in [7, 11) is 0.630. The highest BCUT2D eigenvalue weighted by Crippen LogP contribution is 2.35. The number of hydrogen-bond donors (Lipinski definition) is 0. The minimum atomic E-state index is -1.08. The van der Waals surface area contributed by atoms with Gasteiger partial charge in [-0.1, -0.05) is 51.5 Å². The van der Waals surface area contributed by atoms with Crippen LogP contribution < -0.4 is 4.74 Å². The maximum Gasteiger partial charge on any atom is 0.118 e. The standard InChI is InChI=1S/C19H32O2Si/c1-6-15(2)22(4,5)12-11-19-13-17(14-21-19)16-7-9-18(20-3)10-8-16/h7-10,15,17,19H,6,11-14H2,1-5H3/t15?,17-,19+/m1/s1. The topological polar surface area (TPSA) is 18.5 Å². The Morgan fingerprint density at radius 3 is 2.55 bits per heavy atom. The van der Waals surface area contributed by atoms with Crippen molar-refractivity contribution < 1.29 is 9.47 Å². The van der Waals surface area contributed by atoms with Gasteiger partial charge < -0.3 is 9.47 Å². The Bertz CT molecular complexity index is 455. The van der Waals surface area contributed by atoms with E-state index in [9.17, 15) is 0 Å². The van der Waals surface area contributed by atoms with E-state index < -0.39 is 8.07 Å². The molecule has 0 bridgehead atoms. The average Bonchev–Trinajstić information content (AvgIpc) is 3.01. The highest BCUT2D eigenvalue weighted by Gasteiger charge is 2.31. The fraction of sp³-hybridized carbons (Fsp3) is 0.684. The molecule has 1 saturated heterocycles. The zero-order chi connectivity index (χ0) is 16.2. The molecule has 0 radical (unpaired) electrons. The second-order valence-electron chi connectivity index (χ2n) is 7.50. The van der Waals surface area contributed by atoms with Crippen molar-refractivity contribution in [2.75, 3.05) is 13.7 Å². The predicted molar refractivity (Wildman–Crippen MR) is 96.7 cm³/mol. The van der Waals surface area contributed by atoms with Crippen molar-refractivity contribution in [3.8, 4) is 5.75 Å². The quantitative estimate of drug-likeness (QED) is 0.620. The first kappa shape index (κ1) is 17.5. The summed E-state index contributed by atoms with van der Waals surface area (Å²) in [5, 5.41) is 0. The van der Waals surface area contributed by atoms with Gasteiger partial charge in [0.2, 0.25) is 0 Å². The normalized spacial score (nSPS) is 23.5. The summed E-state index contributed by atoms with van der Waals surface area (Å²) in [4.78, 5) is 0. The fourth-order valence-electron chi connectivity index (χ4n) is 3.35. The van der Waals surface area contributed by atoms with Crippen LogP contribution in [0, 0.1) is 0 Å².